The zero-order chi connectivity index (χ0) is 21.0. The van der Waals surface area contributed by atoms with Crippen molar-refractivity contribution in [1.29, 1.82) is 5.26 Å². The van der Waals surface area contributed by atoms with Crippen molar-refractivity contribution < 1.29 is 4.79 Å². The van der Waals surface area contributed by atoms with Gasteiger partial charge in [-0.25, -0.2) is 4.79 Å². The highest BCUT2D eigenvalue weighted by atomic mass is 32.1. The minimum absolute atomic E-state index is 0.145. The Bertz CT molecular complexity index is 945. The molecular formula is C22H27N5OS. The third-order valence-electron chi connectivity index (χ3n) is 5.59. The van der Waals surface area contributed by atoms with Crippen molar-refractivity contribution in [1.82, 2.24) is 9.88 Å². The Labute approximate surface area is 176 Å². The van der Waals surface area contributed by atoms with Gasteiger partial charge in [-0.1, -0.05) is 19.1 Å². The molecule has 1 unspecified atom stereocenters. The van der Waals surface area contributed by atoms with Gasteiger partial charge in [-0.05, 0) is 43.7 Å². The number of likely N-dealkylation sites (tertiary alicyclic amines) is 1. The number of piperidine rings is 1. The summed E-state index contributed by atoms with van der Waals surface area (Å²) in [6.07, 6.45) is 6.89. The summed E-state index contributed by atoms with van der Waals surface area (Å²) in [6.45, 7) is 7.61. The second-order valence-electron chi connectivity index (χ2n) is 7.42. The number of hydrogen-bond donors (Lipinski definition) is 1. The van der Waals surface area contributed by atoms with Crippen LogP contribution in [0.3, 0.4) is 0 Å². The van der Waals surface area contributed by atoms with Gasteiger partial charge in [0.25, 0.3) is 0 Å². The van der Waals surface area contributed by atoms with Crippen LogP contribution in [-0.2, 0) is 0 Å². The van der Waals surface area contributed by atoms with Gasteiger partial charge in [0.15, 0.2) is 0 Å². The summed E-state index contributed by atoms with van der Waals surface area (Å²) in [6, 6.07) is 5.93. The van der Waals surface area contributed by atoms with Crippen molar-refractivity contribution in [3.05, 3.63) is 46.6 Å². The molecule has 3 heterocycles. The Morgan fingerprint density at radius 1 is 1.48 bits per heavy atom. The molecule has 2 aromatic rings. The lowest BCUT2D eigenvalue weighted by Crippen LogP contribution is -2.53. The number of nitrogens with one attached hydrogen (secondary N) is 1. The number of pyridine rings is 1. The number of carbonyl (C=O) groups is 1. The van der Waals surface area contributed by atoms with Gasteiger partial charge in [0, 0.05) is 49.3 Å². The molecule has 1 aliphatic heterocycles. The molecule has 0 aliphatic carbocycles. The zero-order valence-corrected chi connectivity index (χ0v) is 18.2. The Hall–Kier alpha value is -2.85. The number of carbonyl (C=O) groups excluding carboxylic acids is 1. The van der Waals surface area contributed by atoms with Gasteiger partial charge < -0.3 is 9.80 Å². The van der Waals surface area contributed by atoms with Crippen molar-refractivity contribution in [3.8, 4) is 6.07 Å². The molecule has 2 aromatic heterocycles. The van der Waals surface area contributed by atoms with Gasteiger partial charge in [-0.2, -0.15) is 5.26 Å². The summed E-state index contributed by atoms with van der Waals surface area (Å²) in [4.78, 5) is 21.4. The predicted molar refractivity (Wildman–Crippen MR) is 119 cm³/mol. The first kappa shape index (κ1) is 20.9. The number of nitrogens with zero attached hydrogens (tertiary/aromatic N) is 4. The van der Waals surface area contributed by atoms with Crippen molar-refractivity contribution in [3.63, 3.8) is 0 Å². The van der Waals surface area contributed by atoms with Gasteiger partial charge in [-0.3, -0.25) is 10.3 Å². The number of amides is 2. The molecule has 1 fully saturated rings. The average Bonchev–Trinajstić information content (AvgIpc) is 3.16. The van der Waals surface area contributed by atoms with Crippen LogP contribution < -0.4 is 10.2 Å². The number of likely N-dealkylation sites (N-methyl/N-ethyl adjacent to an activating group) is 1. The summed E-state index contributed by atoms with van der Waals surface area (Å²) in [7, 11) is 2.09. The zero-order valence-electron chi connectivity index (χ0n) is 17.3. The van der Waals surface area contributed by atoms with Crippen LogP contribution in [-0.4, -0.2) is 42.1 Å². The van der Waals surface area contributed by atoms with Crippen LogP contribution in [0.5, 0.6) is 0 Å². The lowest BCUT2D eigenvalue weighted by molar-refractivity contribution is 0.172. The number of hydrogen-bond acceptors (Lipinski definition) is 5. The van der Waals surface area contributed by atoms with E-state index in [1.54, 1.807) is 6.07 Å². The number of aryl methyl sites for hydroxylation is 1. The quantitative estimate of drug-likeness (QED) is 0.792. The summed E-state index contributed by atoms with van der Waals surface area (Å²) < 4.78 is 0. The average molecular weight is 410 g/mol. The number of nitriles is 1. The monoisotopic (exact) mass is 409 g/mol. The first-order chi connectivity index (χ1) is 14.0. The first-order valence-corrected chi connectivity index (χ1v) is 10.7. The van der Waals surface area contributed by atoms with E-state index in [9.17, 15) is 10.1 Å². The predicted octanol–water partition coefficient (Wildman–Crippen LogP) is 4.74. The van der Waals surface area contributed by atoms with E-state index < -0.39 is 0 Å². The maximum absolute atomic E-state index is 12.8. The van der Waals surface area contributed by atoms with Gasteiger partial charge in [0.2, 0.25) is 0 Å². The molecule has 2 amide bonds. The van der Waals surface area contributed by atoms with E-state index in [0.29, 0.717) is 29.6 Å². The summed E-state index contributed by atoms with van der Waals surface area (Å²) in [5.41, 5.74) is 3.74. The minimum atomic E-state index is -0.145. The highest BCUT2D eigenvalue weighted by molar-refractivity contribution is 7.14. The van der Waals surface area contributed by atoms with E-state index in [1.807, 2.05) is 42.5 Å². The molecule has 0 bridgehead atoms. The Morgan fingerprint density at radius 2 is 2.28 bits per heavy atom. The number of rotatable bonds is 4. The van der Waals surface area contributed by atoms with Crippen LogP contribution in [0.25, 0.3) is 6.08 Å². The number of allylic oxidation sites excluding steroid dienone is 1. The number of anilines is 2. The molecule has 3 rings (SSSR count). The van der Waals surface area contributed by atoms with Crippen molar-refractivity contribution in [2.24, 2.45) is 5.92 Å². The number of aromatic nitrogens is 1. The molecule has 152 valence electrons. The van der Waals surface area contributed by atoms with E-state index in [2.05, 4.69) is 41.3 Å². The molecule has 1 saturated heterocycles. The van der Waals surface area contributed by atoms with E-state index >= 15 is 0 Å². The Morgan fingerprint density at radius 3 is 3.00 bits per heavy atom. The lowest BCUT2D eigenvalue weighted by Gasteiger charge is -2.43. The van der Waals surface area contributed by atoms with E-state index in [0.717, 1.165) is 23.4 Å². The Kier molecular flexibility index (Phi) is 6.55. The number of thiophene rings is 1. The molecular weight excluding hydrogens is 382 g/mol. The van der Waals surface area contributed by atoms with Crippen molar-refractivity contribution >= 4 is 34.1 Å². The summed E-state index contributed by atoms with van der Waals surface area (Å²) >= 11 is 1.37. The standard InChI is InChI=1S/C22H27N5OS/c1-5-6-18-16(3)24-10-7-19(18)26(4)20-14-27(11-8-15(20)2)22(28)25-21-17(13-23)9-12-29-21/h5-7,9-10,12,15,20H,8,11,14H2,1-4H3,(H,25,28)/b6-5-/t15-,20?/m1/s1. The van der Waals surface area contributed by atoms with Crippen LogP contribution in [0.4, 0.5) is 15.5 Å². The Balaban J connectivity index is 1.79. The molecule has 6 nitrogen and oxygen atoms in total. The second-order valence-corrected chi connectivity index (χ2v) is 8.34. The maximum Gasteiger partial charge on any atom is 0.322 e. The van der Waals surface area contributed by atoms with E-state index in [-0.39, 0.29) is 12.1 Å². The molecule has 29 heavy (non-hydrogen) atoms. The molecule has 0 aromatic carbocycles. The normalized spacial score (nSPS) is 19.2. The van der Waals surface area contributed by atoms with Crippen LogP contribution in [0.2, 0.25) is 0 Å². The number of urea groups is 1. The minimum Gasteiger partial charge on any atom is -0.369 e. The molecule has 0 spiro atoms. The fraction of sp³-hybridized carbons (Fsp3) is 0.409. The van der Waals surface area contributed by atoms with Gasteiger partial charge in [0.05, 0.1) is 5.56 Å². The van der Waals surface area contributed by atoms with Gasteiger partial charge in [0.1, 0.15) is 11.1 Å². The fourth-order valence-electron chi connectivity index (χ4n) is 3.83. The molecule has 1 aliphatic rings. The van der Waals surface area contributed by atoms with Crippen LogP contribution >= 0.6 is 11.3 Å². The van der Waals surface area contributed by atoms with Gasteiger partial charge in [-0.15, -0.1) is 11.3 Å². The smallest absolute Gasteiger partial charge is 0.322 e. The van der Waals surface area contributed by atoms with Crippen LogP contribution in [0, 0.1) is 24.2 Å². The van der Waals surface area contributed by atoms with Crippen LogP contribution in [0.1, 0.15) is 37.1 Å². The van der Waals surface area contributed by atoms with E-state index in [1.165, 1.54) is 11.3 Å². The highest BCUT2D eigenvalue weighted by Gasteiger charge is 2.32. The molecule has 0 radical (unpaired) electrons. The SMILES string of the molecule is C/C=C\c1c(N(C)C2CN(C(=O)Nc3sccc3C#N)CC[C@H]2C)ccnc1C. The highest BCUT2D eigenvalue weighted by Crippen LogP contribution is 2.30. The van der Waals surface area contributed by atoms with Crippen molar-refractivity contribution in [2.45, 2.75) is 33.2 Å². The maximum atomic E-state index is 12.8. The molecule has 0 saturated carbocycles. The fourth-order valence-corrected chi connectivity index (χ4v) is 4.56. The van der Waals surface area contributed by atoms with Crippen molar-refractivity contribution in [2.75, 3.05) is 30.4 Å². The largest absolute Gasteiger partial charge is 0.369 e. The van der Waals surface area contributed by atoms with Crippen LogP contribution in [0.15, 0.2) is 29.8 Å². The topological polar surface area (TPSA) is 72.3 Å². The summed E-state index contributed by atoms with van der Waals surface area (Å²) in [5.74, 6) is 0.451. The third-order valence-corrected chi connectivity index (χ3v) is 6.42. The molecule has 7 heteroatoms. The van der Waals surface area contributed by atoms with E-state index in [4.69, 9.17) is 0 Å². The molecule has 1 N–H and O–H groups in total. The molecule has 2 atom stereocenters. The second kappa shape index (κ2) is 9.10. The van der Waals surface area contributed by atoms with Gasteiger partial charge >= 0.3 is 6.03 Å². The first-order valence-electron chi connectivity index (χ1n) is 9.81. The third kappa shape index (κ3) is 4.43. The summed E-state index contributed by atoms with van der Waals surface area (Å²) in [5, 5.41) is 14.5. The lowest BCUT2D eigenvalue weighted by atomic mass is 9.91.